The number of carbonyl (C=O) groups excluding carboxylic acids is 1. The van der Waals surface area contributed by atoms with Crippen molar-refractivity contribution < 1.29 is 9.53 Å². The maximum Gasteiger partial charge on any atom is 0.229 e. The van der Waals surface area contributed by atoms with Gasteiger partial charge in [0.15, 0.2) is 5.65 Å². The molecule has 6 nitrogen and oxygen atoms in total. The molecule has 0 atom stereocenters. The molecule has 1 saturated carbocycles. The summed E-state index contributed by atoms with van der Waals surface area (Å²) in [6, 6.07) is 2.33. The van der Waals surface area contributed by atoms with Crippen LogP contribution in [0, 0.1) is 6.92 Å². The molecule has 6 heteroatoms. The van der Waals surface area contributed by atoms with Gasteiger partial charge in [-0.25, -0.2) is 9.97 Å². The van der Waals surface area contributed by atoms with Crippen LogP contribution in [0.2, 0.25) is 0 Å². The van der Waals surface area contributed by atoms with Crippen molar-refractivity contribution in [1.29, 1.82) is 0 Å². The molecule has 1 amide bonds. The van der Waals surface area contributed by atoms with E-state index in [1.807, 2.05) is 33.8 Å². The fourth-order valence-electron chi connectivity index (χ4n) is 2.83. The van der Waals surface area contributed by atoms with E-state index in [2.05, 4.69) is 19.9 Å². The van der Waals surface area contributed by atoms with E-state index in [4.69, 9.17) is 4.74 Å². The van der Waals surface area contributed by atoms with Crippen molar-refractivity contribution in [2.24, 2.45) is 0 Å². The van der Waals surface area contributed by atoms with Crippen molar-refractivity contribution >= 4 is 23.0 Å². The van der Waals surface area contributed by atoms with Gasteiger partial charge in [-0.3, -0.25) is 14.7 Å². The highest BCUT2D eigenvalue weighted by Gasteiger charge is 2.26. The van der Waals surface area contributed by atoms with Crippen LogP contribution in [0.5, 0.6) is 0 Å². The molecule has 0 spiro atoms. The highest BCUT2D eigenvalue weighted by Crippen LogP contribution is 2.37. The van der Waals surface area contributed by atoms with Crippen LogP contribution in [0.15, 0.2) is 12.3 Å². The van der Waals surface area contributed by atoms with Crippen LogP contribution in [-0.2, 0) is 9.53 Å². The number of aromatic nitrogens is 3. The molecule has 0 unspecified atom stereocenters. The monoisotopic (exact) mass is 330 g/mol. The van der Waals surface area contributed by atoms with E-state index < -0.39 is 0 Å². The molecule has 0 aliphatic heterocycles. The predicted octanol–water partition coefficient (Wildman–Crippen LogP) is 3.61. The average Bonchev–Trinajstić information content (AvgIpc) is 2.76. The van der Waals surface area contributed by atoms with Crippen molar-refractivity contribution in [2.75, 3.05) is 11.9 Å². The molecule has 0 bridgehead atoms. The summed E-state index contributed by atoms with van der Waals surface area (Å²) in [5.41, 5.74) is 2.57. The molecule has 2 aromatic heterocycles. The second-order valence-electron chi connectivity index (χ2n) is 7.45. The molecule has 0 aromatic carbocycles. The quantitative estimate of drug-likeness (QED) is 0.909. The van der Waals surface area contributed by atoms with Crippen molar-refractivity contribution in [3.63, 3.8) is 0 Å². The third-order valence-corrected chi connectivity index (χ3v) is 4.34. The Morgan fingerprint density at radius 2 is 2.17 bits per heavy atom. The fourth-order valence-corrected chi connectivity index (χ4v) is 2.83. The van der Waals surface area contributed by atoms with Crippen LogP contribution in [0.4, 0.5) is 5.95 Å². The second kappa shape index (κ2) is 6.51. The number of imidazole rings is 1. The lowest BCUT2D eigenvalue weighted by atomic mass is 9.93. The van der Waals surface area contributed by atoms with Crippen molar-refractivity contribution in [1.82, 2.24) is 14.5 Å². The average molecular weight is 330 g/mol. The lowest BCUT2D eigenvalue weighted by Gasteiger charge is -2.28. The molecule has 130 valence electrons. The van der Waals surface area contributed by atoms with Gasteiger partial charge in [-0.15, -0.1) is 0 Å². The minimum Gasteiger partial charge on any atom is -0.375 e. The van der Waals surface area contributed by atoms with E-state index >= 15 is 0 Å². The normalized spacial score (nSPS) is 15.5. The van der Waals surface area contributed by atoms with E-state index in [0.717, 1.165) is 29.6 Å². The third kappa shape index (κ3) is 3.59. The van der Waals surface area contributed by atoms with Gasteiger partial charge >= 0.3 is 0 Å². The number of pyridine rings is 1. The number of nitrogens with one attached hydrogen (secondary N) is 1. The molecular weight excluding hydrogens is 304 g/mol. The zero-order chi connectivity index (χ0) is 17.3. The number of ether oxygens (including phenoxy) is 1. The van der Waals surface area contributed by atoms with Crippen molar-refractivity contribution in [2.45, 2.75) is 65.0 Å². The predicted molar refractivity (Wildman–Crippen MR) is 94.1 cm³/mol. The van der Waals surface area contributed by atoms with Gasteiger partial charge < -0.3 is 4.74 Å². The van der Waals surface area contributed by atoms with E-state index in [1.165, 1.54) is 6.42 Å². The number of hydrogen-bond donors (Lipinski definition) is 1. The number of nitrogens with zero attached hydrogens (tertiary/aromatic N) is 3. The first-order valence-electron chi connectivity index (χ1n) is 8.62. The zero-order valence-corrected chi connectivity index (χ0v) is 14.9. The van der Waals surface area contributed by atoms with Crippen molar-refractivity contribution in [3.05, 3.63) is 17.8 Å². The highest BCUT2D eigenvalue weighted by atomic mass is 16.5. The third-order valence-electron chi connectivity index (χ3n) is 4.34. The summed E-state index contributed by atoms with van der Waals surface area (Å²) in [5, 5.41) is 2.96. The van der Waals surface area contributed by atoms with Crippen LogP contribution >= 0.6 is 0 Å². The minimum absolute atomic E-state index is 0.0761. The van der Waals surface area contributed by atoms with Crippen molar-refractivity contribution in [3.8, 4) is 0 Å². The smallest absolute Gasteiger partial charge is 0.229 e. The first kappa shape index (κ1) is 16.9. The topological polar surface area (TPSA) is 69.0 Å². The molecule has 2 aromatic rings. The standard InChI is InChI=1S/C18H26N4O2/c1-12-8-10-19-16-15(12)21-17(22(16)13-6-5-7-13)20-14(23)9-11-24-18(2,3)4/h8,10,13H,5-7,9,11H2,1-4H3,(H,20,21,23). The van der Waals surface area contributed by atoms with Crippen LogP contribution < -0.4 is 5.32 Å². The van der Waals surface area contributed by atoms with E-state index in [-0.39, 0.29) is 11.5 Å². The molecular formula is C18H26N4O2. The Hall–Kier alpha value is -1.95. The first-order valence-corrected chi connectivity index (χ1v) is 8.62. The van der Waals surface area contributed by atoms with E-state index in [9.17, 15) is 4.79 Å². The molecule has 3 rings (SSSR count). The Bertz CT molecular complexity index is 741. The summed E-state index contributed by atoms with van der Waals surface area (Å²) in [5.74, 6) is 0.532. The number of anilines is 1. The summed E-state index contributed by atoms with van der Waals surface area (Å²) in [6.45, 7) is 8.36. The van der Waals surface area contributed by atoms with Gasteiger partial charge in [-0.1, -0.05) is 0 Å². The zero-order valence-electron chi connectivity index (χ0n) is 14.9. The van der Waals surface area contributed by atoms with Gasteiger partial charge in [0.25, 0.3) is 0 Å². The fraction of sp³-hybridized carbons (Fsp3) is 0.611. The maximum absolute atomic E-state index is 12.3. The first-order chi connectivity index (χ1) is 11.3. The summed E-state index contributed by atoms with van der Waals surface area (Å²) >= 11 is 0. The molecule has 1 fully saturated rings. The Balaban J connectivity index is 1.78. The number of fused-ring (bicyclic) bond motifs is 1. The van der Waals surface area contributed by atoms with E-state index in [1.54, 1.807) is 6.20 Å². The summed E-state index contributed by atoms with van der Waals surface area (Å²) in [4.78, 5) is 21.4. The number of hydrogen-bond acceptors (Lipinski definition) is 4. The molecule has 24 heavy (non-hydrogen) atoms. The lowest BCUT2D eigenvalue weighted by Crippen LogP contribution is -2.25. The van der Waals surface area contributed by atoms with Gasteiger partial charge in [0.05, 0.1) is 18.6 Å². The van der Waals surface area contributed by atoms with E-state index in [0.29, 0.717) is 25.0 Å². The van der Waals surface area contributed by atoms with Gasteiger partial charge in [-0.05, 0) is 58.6 Å². The summed E-state index contributed by atoms with van der Waals surface area (Å²) in [6.07, 6.45) is 5.55. The summed E-state index contributed by atoms with van der Waals surface area (Å²) < 4.78 is 7.72. The van der Waals surface area contributed by atoms with Gasteiger partial charge in [-0.2, -0.15) is 0 Å². The van der Waals surface area contributed by atoms with Crippen LogP contribution in [0.1, 0.15) is 58.1 Å². The lowest BCUT2D eigenvalue weighted by molar-refractivity contribution is -0.118. The molecule has 0 saturated heterocycles. The van der Waals surface area contributed by atoms with Gasteiger partial charge in [0, 0.05) is 12.2 Å². The summed E-state index contributed by atoms with van der Waals surface area (Å²) in [7, 11) is 0. The largest absolute Gasteiger partial charge is 0.375 e. The number of amides is 1. The Labute approximate surface area is 142 Å². The maximum atomic E-state index is 12.3. The molecule has 1 aliphatic carbocycles. The van der Waals surface area contributed by atoms with Crippen LogP contribution in [0.3, 0.4) is 0 Å². The Morgan fingerprint density at radius 1 is 1.42 bits per heavy atom. The number of rotatable bonds is 5. The highest BCUT2D eigenvalue weighted by molar-refractivity contribution is 5.91. The van der Waals surface area contributed by atoms with Gasteiger partial charge in [0.2, 0.25) is 11.9 Å². The number of aryl methyl sites for hydroxylation is 1. The molecule has 1 aliphatic rings. The minimum atomic E-state index is -0.236. The molecule has 1 N–H and O–H groups in total. The SMILES string of the molecule is Cc1ccnc2c1nc(NC(=O)CCOC(C)(C)C)n2C1CCC1. The Kier molecular flexibility index (Phi) is 4.58. The molecule has 0 radical (unpaired) electrons. The van der Waals surface area contributed by atoms with Gasteiger partial charge in [0.1, 0.15) is 5.52 Å². The van der Waals surface area contributed by atoms with Crippen LogP contribution in [-0.4, -0.2) is 32.7 Å². The second-order valence-corrected chi connectivity index (χ2v) is 7.45. The molecule has 2 heterocycles. The Morgan fingerprint density at radius 3 is 2.79 bits per heavy atom. The van der Waals surface area contributed by atoms with Crippen LogP contribution in [0.25, 0.3) is 11.2 Å². The number of carbonyl (C=O) groups is 1.